The Morgan fingerprint density at radius 2 is 2.13 bits per heavy atom. The number of nitrogens with zero attached hydrogens (tertiary/aromatic N) is 2. The van der Waals surface area contributed by atoms with Crippen LogP contribution in [0.25, 0.3) is 0 Å². The second kappa shape index (κ2) is 4.53. The van der Waals surface area contributed by atoms with Crippen LogP contribution in [0.2, 0.25) is 0 Å². The van der Waals surface area contributed by atoms with Gasteiger partial charge in [0.25, 0.3) is 0 Å². The van der Waals surface area contributed by atoms with Gasteiger partial charge >= 0.3 is 0 Å². The average Bonchev–Trinajstić information content (AvgIpc) is 2.69. The van der Waals surface area contributed by atoms with Crippen LogP contribution in [0.15, 0.2) is 12.4 Å². The molecular weight excluding hydrogens is 195 g/mol. The van der Waals surface area contributed by atoms with Crippen LogP contribution in [0.4, 0.5) is 10.3 Å². The molecule has 1 saturated carbocycles. The summed E-state index contributed by atoms with van der Waals surface area (Å²) in [5.41, 5.74) is 5.66. The van der Waals surface area contributed by atoms with Crippen LogP contribution in [-0.4, -0.2) is 22.6 Å². The molecule has 0 aromatic carbocycles. The first-order chi connectivity index (χ1) is 7.29. The third-order valence-electron chi connectivity index (χ3n) is 2.90. The number of hydrogen-bond acceptors (Lipinski definition) is 4. The Balaban J connectivity index is 1.99. The number of nitrogens with one attached hydrogen (secondary N) is 1. The van der Waals surface area contributed by atoms with E-state index in [1.165, 1.54) is 18.8 Å². The van der Waals surface area contributed by atoms with Crippen molar-refractivity contribution in [1.29, 1.82) is 0 Å². The molecule has 1 aliphatic carbocycles. The summed E-state index contributed by atoms with van der Waals surface area (Å²) in [5, 5.41) is 3.20. The van der Waals surface area contributed by atoms with Gasteiger partial charge in [0, 0.05) is 6.04 Å². The lowest BCUT2D eigenvalue weighted by molar-refractivity contribution is 0.513. The van der Waals surface area contributed by atoms with E-state index in [1.54, 1.807) is 0 Å². The molecule has 0 spiro atoms. The summed E-state index contributed by atoms with van der Waals surface area (Å²) in [6, 6.07) is 0.334. The van der Waals surface area contributed by atoms with Crippen LogP contribution < -0.4 is 11.1 Å². The summed E-state index contributed by atoms with van der Waals surface area (Å²) in [5.74, 6) is 0.558. The zero-order valence-corrected chi connectivity index (χ0v) is 8.49. The van der Waals surface area contributed by atoms with Crippen LogP contribution in [0.1, 0.15) is 19.3 Å². The summed E-state index contributed by atoms with van der Waals surface area (Å²) in [4.78, 5) is 7.74. The fourth-order valence-corrected chi connectivity index (χ4v) is 2.06. The Morgan fingerprint density at radius 3 is 2.80 bits per heavy atom. The molecule has 5 heteroatoms. The zero-order chi connectivity index (χ0) is 10.7. The molecule has 3 N–H and O–H groups in total. The highest BCUT2D eigenvalue weighted by atomic mass is 19.1. The van der Waals surface area contributed by atoms with Gasteiger partial charge in [-0.25, -0.2) is 14.4 Å². The summed E-state index contributed by atoms with van der Waals surface area (Å²) in [7, 11) is 0. The van der Waals surface area contributed by atoms with Gasteiger partial charge in [-0.2, -0.15) is 0 Å². The Kier molecular flexibility index (Phi) is 3.11. The molecule has 0 bridgehead atoms. The van der Waals surface area contributed by atoms with Crippen molar-refractivity contribution in [3.8, 4) is 0 Å². The molecule has 2 unspecified atom stereocenters. The predicted molar refractivity (Wildman–Crippen MR) is 55.8 cm³/mol. The molecule has 4 nitrogen and oxygen atoms in total. The maximum Gasteiger partial charge on any atom is 0.223 e. The van der Waals surface area contributed by atoms with E-state index in [4.69, 9.17) is 5.73 Å². The van der Waals surface area contributed by atoms with Gasteiger partial charge in [-0.15, -0.1) is 0 Å². The number of hydrogen-bond donors (Lipinski definition) is 2. The molecule has 15 heavy (non-hydrogen) atoms. The Morgan fingerprint density at radius 1 is 1.40 bits per heavy atom. The van der Waals surface area contributed by atoms with Gasteiger partial charge in [-0.1, -0.05) is 6.42 Å². The highest BCUT2D eigenvalue weighted by Gasteiger charge is 2.26. The third kappa shape index (κ3) is 2.41. The van der Waals surface area contributed by atoms with Gasteiger partial charge in [0.1, 0.15) is 0 Å². The fraction of sp³-hybridized carbons (Fsp3) is 0.600. The van der Waals surface area contributed by atoms with E-state index in [0.717, 1.165) is 12.8 Å². The van der Waals surface area contributed by atoms with Crippen molar-refractivity contribution in [1.82, 2.24) is 9.97 Å². The molecular formula is C10H15FN4. The topological polar surface area (TPSA) is 63.8 Å². The number of anilines is 1. The minimum absolute atomic E-state index is 0.334. The van der Waals surface area contributed by atoms with Gasteiger partial charge in [-0.3, -0.25) is 0 Å². The SMILES string of the molecule is NCC1CCCC1Nc1ncc(F)cn1. The van der Waals surface area contributed by atoms with E-state index in [0.29, 0.717) is 24.5 Å². The molecule has 1 heterocycles. The number of nitrogens with two attached hydrogens (primary N) is 1. The van der Waals surface area contributed by atoms with Crippen LogP contribution in [0, 0.1) is 11.7 Å². The average molecular weight is 210 g/mol. The first-order valence-electron chi connectivity index (χ1n) is 5.23. The molecule has 0 radical (unpaired) electrons. The smallest absolute Gasteiger partial charge is 0.223 e. The molecule has 0 aliphatic heterocycles. The van der Waals surface area contributed by atoms with Crippen LogP contribution in [-0.2, 0) is 0 Å². The Bertz CT molecular complexity index is 314. The molecule has 0 amide bonds. The van der Waals surface area contributed by atoms with Crippen molar-refractivity contribution < 1.29 is 4.39 Å². The molecule has 82 valence electrons. The van der Waals surface area contributed by atoms with Crippen molar-refractivity contribution in [3.05, 3.63) is 18.2 Å². The lowest BCUT2D eigenvalue weighted by atomic mass is 10.0. The van der Waals surface area contributed by atoms with Gasteiger partial charge in [0.15, 0.2) is 5.82 Å². The molecule has 2 atom stereocenters. The zero-order valence-electron chi connectivity index (χ0n) is 8.49. The minimum atomic E-state index is -0.414. The van der Waals surface area contributed by atoms with Crippen molar-refractivity contribution in [3.63, 3.8) is 0 Å². The maximum absolute atomic E-state index is 12.6. The molecule has 1 aliphatic rings. The Labute approximate surface area is 88.1 Å². The fourth-order valence-electron chi connectivity index (χ4n) is 2.06. The molecule has 1 fully saturated rings. The second-order valence-corrected chi connectivity index (χ2v) is 3.90. The van der Waals surface area contributed by atoms with Gasteiger partial charge in [0.2, 0.25) is 5.95 Å². The summed E-state index contributed by atoms with van der Waals surface area (Å²) in [6.07, 6.45) is 5.75. The predicted octanol–water partition coefficient (Wildman–Crippen LogP) is 1.15. The number of rotatable bonds is 3. The van der Waals surface area contributed by atoms with Gasteiger partial charge < -0.3 is 11.1 Å². The van der Waals surface area contributed by atoms with E-state index in [-0.39, 0.29) is 0 Å². The molecule has 1 aromatic rings. The van der Waals surface area contributed by atoms with Crippen molar-refractivity contribution in [2.24, 2.45) is 11.7 Å². The molecule has 1 aromatic heterocycles. The van der Waals surface area contributed by atoms with Crippen molar-refractivity contribution >= 4 is 5.95 Å². The summed E-state index contributed by atoms with van der Waals surface area (Å²) in [6.45, 7) is 0.679. The summed E-state index contributed by atoms with van der Waals surface area (Å²) >= 11 is 0. The number of aromatic nitrogens is 2. The van der Waals surface area contributed by atoms with E-state index in [1.807, 2.05) is 0 Å². The van der Waals surface area contributed by atoms with Gasteiger partial charge in [-0.05, 0) is 25.3 Å². The lowest BCUT2D eigenvalue weighted by Gasteiger charge is -2.18. The van der Waals surface area contributed by atoms with Crippen molar-refractivity contribution in [2.75, 3.05) is 11.9 Å². The van der Waals surface area contributed by atoms with Gasteiger partial charge in [0.05, 0.1) is 12.4 Å². The standard InChI is InChI=1S/C10H15FN4/c11-8-5-13-10(14-6-8)15-9-3-1-2-7(9)4-12/h5-7,9H,1-4,12H2,(H,13,14,15). The molecule has 0 saturated heterocycles. The van der Waals surface area contributed by atoms with E-state index >= 15 is 0 Å². The van der Waals surface area contributed by atoms with E-state index < -0.39 is 5.82 Å². The van der Waals surface area contributed by atoms with Crippen molar-refractivity contribution in [2.45, 2.75) is 25.3 Å². The van der Waals surface area contributed by atoms with Crippen LogP contribution >= 0.6 is 0 Å². The quantitative estimate of drug-likeness (QED) is 0.785. The van der Waals surface area contributed by atoms with Crippen LogP contribution in [0.5, 0.6) is 0 Å². The highest BCUT2D eigenvalue weighted by molar-refractivity contribution is 5.25. The normalized spacial score (nSPS) is 25.5. The Hall–Kier alpha value is -1.23. The minimum Gasteiger partial charge on any atom is -0.351 e. The summed E-state index contributed by atoms with van der Waals surface area (Å²) < 4.78 is 12.6. The first kappa shape index (κ1) is 10.3. The number of halogens is 1. The van der Waals surface area contributed by atoms with E-state index in [2.05, 4.69) is 15.3 Å². The second-order valence-electron chi connectivity index (χ2n) is 3.90. The monoisotopic (exact) mass is 210 g/mol. The largest absolute Gasteiger partial charge is 0.351 e. The lowest BCUT2D eigenvalue weighted by Crippen LogP contribution is -2.30. The molecule has 2 rings (SSSR count). The van der Waals surface area contributed by atoms with E-state index in [9.17, 15) is 4.39 Å². The van der Waals surface area contributed by atoms with Crippen LogP contribution in [0.3, 0.4) is 0 Å². The first-order valence-corrected chi connectivity index (χ1v) is 5.23. The third-order valence-corrected chi connectivity index (χ3v) is 2.90. The highest BCUT2D eigenvalue weighted by Crippen LogP contribution is 2.26. The maximum atomic E-state index is 12.6.